The van der Waals surface area contributed by atoms with Crippen LogP contribution in [0.5, 0.6) is 0 Å². The van der Waals surface area contributed by atoms with E-state index in [-0.39, 0.29) is 0 Å². The van der Waals surface area contributed by atoms with Gasteiger partial charge in [-0.1, -0.05) is 0 Å². The molecule has 0 saturated carbocycles. The first-order valence-electron chi connectivity index (χ1n) is 5.70. The smallest absolute Gasteiger partial charge is 0.0615 e. The zero-order valence-electron chi connectivity index (χ0n) is 9.00. The summed E-state index contributed by atoms with van der Waals surface area (Å²) in [6.45, 7) is 3.95. The molecule has 2 aliphatic heterocycles. The van der Waals surface area contributed by atoms with Gasteiger partial charge in [-0.3, -0.25) is 0 Å². The highest BCUT2D eigenvalue weighted by molar-refractivity contribution is 4.86. The molecule has 0 radical (unpaired) electrons. The molecule has 2 heterocycles. The van der Waals surface area contributed by atoms with Gasteiger partial charge < -0.3 is 14.8 Å². The van der Waals surface area contributed by atoms with Crippen LogP contribution in [0.15, 0.2) is 0 Å². The van der Waals surface area contributed by atoms with Crippen molar-refractivity contribution in [3.05, 3.63) is 0 Å². The number of nitrogens with one attached hydrogen (secondary N) is 1. The lowest BCUT2D eigenvalue weighted by molar-refractivity contribution is 0.0332. The number of ether oxygens (including phenoxy) is 2. The average Bonchev–Trinajstić information content (AvgIpc) is 2.68. The quantitative estimate of drug-likeness (QED) is 0.736. The summed E-state index contributed by atoms with van der Waals surface area (Å²) in [7, 11) is 1.78. The second-order valence-corrected chi connectivity index (χ2v) is 4.53. The lowest BCUT2D eigenvalue weighted by atomic mass is 9.86. The van der Waals surface area contributed by atoms with Gasteiger partial charge in [0.2, 0.25) is 0 Å². The molecule has 3 unspecified atom stereocenters. The third-order valence-electron chi connectivity index (χ3n) is 3.49. The van der Waals surface area contributed by atoms with Gasteiger partial charge in [-0.2, -0.15) is 0 Å². The zero-order valence-corrected chi connectivity index (χ0v) is 9.00. The van der Waals surface area contributed by atoms with Crippen molar-refractivity contribution in [3.63, 3.8) is 0 Å². The maximum Gasteiger partial charge on any atom is 0.0615 e. The number of hydrogen-bond acceptors (Lipinski definition) is 3. The van der Waals surface area contributed by atoms with Gasteiger partial charge in [0.05, 0.1) is 6.61 Å². The molecule has 0 bridgehead atoms. The van der Waals surface area contributed by atoms with E-state index in [1.807, 2.05) is 0 Å². The molecule has 0 aromatic rings. The molecular formula is C11H21NO2. The van der Waals surface area contributed by atoms with Gasteiger partial charge >= 0.3 is 0 Å². The van der Waals surface area contributed by atoms with Crippen molar-refractivity contribution < 1.29 is 9.47 Å². The second kappa shape index (κ2) is 5.10. The maximum atomic E-state index is 5.53. The van der Waals surface area contributed by atoms with E-state index in [2.05, 4.69) is 5.32 Å². The molecule has 0 aliphatic carbocycles. The van der Waals surface area contributed by atoms with Gasteiger partial charge in [0, 0.05) is 26.4 Å². The van der Waals surface area contributed by atoms with Gasteiger partial charge in [0.1, 0.15) is 0 Å². The molecular weight excluding hydrogens is 178 g/mol. The standard InChI is InChI=1S/C11H21NO2/c1-13-8-11-5-10(6-12-11)9-3-2-4-14-7-9/h9-12H,2-8H2,1H3. The lowest BCUT2D eigenvalue weighted by Gasteiger charge is -2.26. The third-order valence-corrected chi connectivity index (χ3v) is 3.49. The van der Waals surface area contributed by atoms with Crippen LogP contribution in [0.25, 0.3) is 0 Å². The molecule has 82 valence electrons. The first-order valence-corrected chi connectivity index (χ1v) is 5.70. The van der Waals surface area contributed by atoms with Gasteiger partial charge in [-0.05, 0) is 37.6 Å². The normalized spacial score (nSPS) is 38.8. The van der Waals surface area contributed by atoms with E-state index in [4.69, 9.17) is 9.47 Å². The predicted molar refractivity (Wildman–Crippen MR) is 55.3 cm³/mol. The fraction of sp³-hybridized carbons (Fsp3) is 1.00. The Morgan fingerprint density at radius 2 is 2.36 bits per heavy atom. The average molecular weight is 199 g/mol. The SMILES string of the molecule is COCC1CC(C2CCCOC2)CN1. The van der Waals surface area contributed by atoms with E-state index in [9.17, 15) is 0 Å². The summed E-state index contributed by atoms with van der Waals surface area (Å²) in [5, 5.41) is 3.52. The summed E-state index contributed by atoms with van der Waals surface area (Å²) < 4.78 is 10.7. The maximum absolute atomic E-state index is 5.53. The Labute approximate surface area is 86.2 Å². The Hall–Kier alpha value is -0.120. The monoisotopic (exact) mass is 199 g/mol. The summed E-state index contributed by atoms with van der Waals surface area (Å²) in [6, 6.07) is 0.576. The number of rotatable bonds is 3. The topological polar surface area (TPSA) is 30.5 Å². The Morgan fingerprint density at radius 3 is 3.07 bits per heavy atom. The predicted octanol–water partition coefficient (Wildman–Crippen LogP) is 1.04. The summed E-state index contributed by atoms with van der Waals surface area (Å²) >= 11 is 0. The number of hydrogen-bond donors (Lipinski definition) is 1. The van der Waals surface area contributed by atoms with Gasteiger partial charge in [0.25, 0.3) is 0 Å². The van der Waals surface area contributed by atoms with E-state index in [1.54, 1.807) is 7.11 Å². The highest BCUT2D eigenvalue weighted by atomic mass is 16.5. The van der Waals surface area contributed by atoms with E-state index >= 15 is 0 Å². The van der Waals surface area contributed by atoms with Crippen molar-refractivity contribution in [1.29, 1.82) is 0 Å². The third kappa shape index (κ3) is 2.47. The van der Waals surface area contributed by atoms with Crippen molar-refractivity contribution >= 4 is 0 Å². The van der Waals surface area contributed by atoms with Gasteiger partial charge in [-0.15, -0.1) is 0 Å². The lowest BCUT2D eigenvalue weighted by Crippen LogP contribution is -2.27. The minimum atomic E-state index is 0.576. The Kier molecular flexibility index (Phi) is 3.79. The first-order chi connectivity index (χ1) is 6.90. The molecule has 0 amide bonds. The van der Waals surface area contributed by atoms with Gasteiger partial charge in [0.15, 0.2) is 0 Å². The highest BCUT2D eigenvalue weighted by Gasteiger charge is 2.31. The van der Waals surface area contributed by atoms with Crippen molar-refractivity contribution in [1.82, 2.24) is 5.32 Å². The highest BCUT2D eigenvalue weighted by Crippen LogP contribution is 2.28. The molecule has 2 aliphatic rings. The molecule has 2 rings (SSSR count). The molecule has 14 heavy (non-hydrogen) atoms. The molecule has 0 aromatic heterocycles. The van der Waals surface area contributed by atoms with Crippen molar-refractivity contribution in [2.45, 2.75) is 25.3 Å². The minimum absolute atomic E-state index is 0.576. The van der Waals surface area contributed by atoms with Crippen LogP contribution in [-0.4, -0.2) is 39.5 Å². The van der Waals surface area contributed by atoms with Crippen molar-refractivity contribution in [2.75, 3.05) is 33.5 Å². The molecule has 3 atom stereocenters. The van der Waals surface area contributed by atoms with Crippen LogP contribution in [0.3, 0.4) is 0 Å². The van der Waals surface area contributed by atoms with Gasteiger partial charge in [-0.25, -0.2) is 0 Å². The van der Waals surface area contributed by atoms with Crippen LogP contribution in [0.1, 0.15) is 19.3 Å². The van der Waals surface area contributed by atoms with Crippen molar-refractivity contribution in [2.24, 2.45) is 11.8 Å². The van der Waals surface area contributed by atoms with E-state index in [0.29, 0.717) is 6.04 Å². The van der Waals surface area contributed by atoms with E-state index in [0.717, 1.165) is 38.2 Å². The molecule has 2 saturated heterocycles. The van der Waals surface area contributed by atoms with Crippen LogP contribution in [0.4, 0.5) is 0 Å². The van der Waals surface area contributed by atoms with Crippen LogP contribution in [0.2, 0.25) is 0 Å². The summed E-state index contributed by atoms with van der Waals surface area (Å²) in [6.07, 6.45) is 3.87. The summed E-state index contributed by atoms with van der Waals surface area (Å²) in [5.41, 5.74) is 0. The van der Waals surface area contributed by atoms with Crippen LogP contribution in [0, 0.1) is 11.8 Å². The summed E-state index contributed by atoms with van der Waals surface area (Å²) in [5.74, 6) is 1.61. The Balaban J connectivity index is 1.76. The first kappa shape index (κ1) is 10.4. The van der Waals surface area contributed by atoms with E-state index in [1.165, 1.54) is 19.3 Å². The minimum Gasteiger partial charge on any atom is -0.383 e. The molecule has 0 aromatic carbocycles. The molecule has 1 N–H and O–H groups in total. The van der Waals surface area contributed by atoms with Crippen LogP contribution in [-0.2, 0) is 9.47 Å². The Bertz CT molecular complexity index is 169. The van der Waals surface area contributed by atoms with Crippen LogP contribution >= 0.6 is 0 Å². The summed E-state index contributed by atoms with van der Waals surface area (Å²) in [4.78, 5) is 0. The van der Waals surface area contributed by atoms with Crippen LogP contribution < -0.4 is 5.32 Å². The fourth-order valence-corrected chi connectivity index (χ4v) is 2.67. The fourth-order valence-electron chi connectivity index (χ4n) is 2.67. The van der Waals surface area contributed by atoms with E-state index < -0.39 is 0 Å². The zero-order chi connectivity index (χ0) is 9.80. The molecule has 0 spiro atoms. The number of methoxy groups -OCH3 is 1. The largest absolute Gasteiger partial charge is 0.383 e. The molecule has 3 heteroatoms. The molecule has 3 nitrogen and oxygen atoms in total. The Morgan fingerprint density at radius 1 is 1.43 bits per heavy atom. The molecule has 2 fully saturated rings. The second-order valence-electron chi connectivity index (χ2n) is 4.53. The van der Waals surface area contributed by atoms with Crippen molar-refractivity contribution in [3.8, 4) is 0 Å².